The highest BCUT2D eigenvalue weighted by Crippen LogP contribution is 2.31. The summed E-state index contributed by atoms with van der Waals surface area (Å²) in [6, 6.07) is 1.83. The van der Waals surface area contributed by atoms with E-state index in [-0.39, 0.29) is 0 Å². The average molecular weight is 154 g/mol. The van der Waals surface area contributed by atoms with Crippen LogP contribution in [0.4, 0.5) is 0 Å². The summed E-state index contributed by atoms with van der Waals surface area (Å²) in [5.74, 6) is 0. The number of rotatable bonds is 3. The highest BCUT2D eigenvalue weighted by Gasteiger charge is 2.39. The molecule has 2 unspecified atom stereocenters. The lowest BCUT2D eigenvalue weighted by molar-refractivity contribution is 0.372. The molecule has 64 valence electrons. The van der Waals surface area contributed by atoms with Crippen LogP contribution in [0.15, 0.2) is 0 Å². The molecule has 1 aliphatic carbocycles. The van der Waals surface area contributed by atoms with Gasteiger partial charge in [0.2, 0.25) is 0 Å². The smallest absolute Gasteiger partial charge is 0.0351 e. The Morgan fingerprint density at radius 3 is 2.73 bits per heavy atom. The number of nitrogens with zero attached hydrogens (tertiary/aromatic N) is 1. The summed E-state index contributed by atoms with van der Waals surface area (Å²) >= 11 is 0. The number of hydrogen-bond donors (Lipinski definition) is 1. The molecule has 2 aliphatic rings. The van der Waals surface area contributed by atoms with E-state index in [1.807, 2.05) is 7.05 Å². The Morgan fingerprint density at radius 2 is 2.09 bits per heavy atom. The van der Waals surface area contributed by atoms with Crippen molar-refractivity contribution >= 4 is 0 Å². The van der Waals surface area contributed by atoms with Gasteiger partial charge in [-0.15, -0.1) is 0 Å². The first-order valence-corrected chi connectivity index (χ1v) is 4.82. The van der Waals surface area contributed by atoms with E-state index in [1.165, 1.54) is 38.8 Å². The zero-order valence-electron chi connectivity index (χ0n) is 7.34. The van der Waals surface area contributed by atoms with Gasteiger partial charge in [0.05, 0.1) is 0 Å². The Hall–Kier alpha value is -0.0800. The van der Waals surface area contributed by atoms with Crippen molar-refractivity contribution in [3.05, 3.63) is 0 Å². The molecule has 0 radical (unpaired) electrons. The Labute approximate surface area is 69.0 Å². The van der Waals surface area contributed by atoms with Gasteiger partial charge < -0.3 is 5.32 Å². The molecule has 1 saturated carbocycles. The number of nitrogens with one attached hydrogen (secondary N) is 1. The van der Waals surface area contributed by atoms with Crippen LogP contribution in [0.1, 0.15) is 25.7 Å². The summed E-state index contributed by atoms with van der Waals surface area (Å²) in [6.07, 6.45) is 5.85. The normalized spacial score (nSPS) is 37.9. The van der Waals surface area contributed by atoms with Crippen molar-refractivity contribution in [1.29, 1.82) is 0 Å². The lowest BCUT2D eigenvalue weighted by atomic mass is 10.2. The summed E-state index contributed by atoms with van der Waals surface area (Å²) < 4.78 is 0. The van der Waals surface area contributed by atoms with Gasteiger partial charge in [0.25, 0.3) is 0 Å². The van der Waals surface area contributed by atoms with Crippen LogP contribution in [0.5, 0.6) is 0 Å². The van der Waals surface area contributed by atoms with Gasteiger partial charge >= 0.3 is 0 Å². The van der Waals surface area contributed by atoms with Crippen LogP contribution in [0.2, 0.25) is 0 Å². The zero-order chi connectivity index (χ0) is 7.68. The maximum absolute atomic E-state index is 3.24. The molecule has 2 atom stereocenters. The van der Waals surface area contributed by atoms with Crippen molar-refractivity contribution in [3.8, 4) is 0 Å². The monoisotopic (exact) mass is 154 g/mol. The summed E-state index contributed by atoms with van der Waals surface area (Å²) in [6.45, 7) is 2.54. The van der Waals surface area contributed by atoms with Crippen molar-refractivity contribution < 1.29 is 0 Å². The van der Waals surface area contributed by atoms with Crippen molar-refractivity contribution in [2.24, 2.45) is 0 Å². The maximum atomic E-state index is 3.24. The van der Waals surface area contributed by atoms with Gasteiger partial charge in [-0.25, -0.2) is 0 Å². The molecule has 2 heteroatoms. The third kappa shape index (κ3) is 1.57. The minimum atomic E-state index is 0.878. The zero-order valence-corrected chi connectivity index (χ0v) is 7.34. The van der Waals surface area contributed by atoms with Gasteiger partial charge in [-0.2, -0.15) is 0 Å². The van der Waals surface area contributed by atoms with Crippen molar-refractivity contribution in [1.82, 2.24) is 10.2 Å². The molecule has 2 rings (SSSR count). The van der Waals surface area contributed by atoms with E-state index in [1.54, 1.807) is 0 Å². The summed E-state index contributed by atoms with van der Waals surface area (Å²) in [5.41, 5.74) is 0. The summed E-state index contributed by atoms with van der Waals surface area (Å²) in [5, 5.41) is 3.24. The van der Waals surface area contributed by atoms with Gasteiger partial charge in [0.1, 0.15) is 0 Å². The van der Waals surface area contributed by atoms with E-state index in [4.69, 9.17) is 0 Å². The van der Waals surface area contributed by atoms with E-state index < -0.39 is 0 Å². The Morgan fingerprint density at radius 1 is 1.36 bits per heavy atom. The van der Waals surface area contributed by atoms with Crippen LogP contribution in [0, 0.1) is 0 Å². The second kappa shape index (κ2) is 3.11. The fraction of sp³-hybridized carbons (Fsp3) is 1.00. The highest BCUT2D eigenvalue weighted by atomic mass is 15.3. The second-order valence-electron chi connectivity index (χ2n) is 3.85. The molecular weight excluding hydrogens is 136 g/mol. The number of hydrogen-bond acceptors (Lipinski definition) is 2. The van der Waals surface area contributed by atoms with Crippen LogP contribution in [0.3, 0.4) is 0 Å². The lowest BCUT2D eigenvalue weighted by Crippen LogP contribution is -2.22. The van der Waals surface area contributed by atoms with Crippen molar-refractivity contribution in [2.45, 2.75) is 37.8 Å². The fourth-order valence-corrected chi connectivity index (χ4v) is 2.30. The molecule has 0 aromatic heterocycles. The minimum absolute atomic E-state index is 0.878. The third-order valence-electron chi connectivity index (χ3n) is 2.99. The maximum Gasteiger partial charge on any atom is 0.0351 e. The molecule has 1 heterocycles. The average Bonchev–Trinajstić information content (AvgIpc) is 2.61. The first-order chi connectivity index (χ1) is 5.42. The van der Waals surface area contributed by atoms with Crippen molar-refractivity contribution in [3.63, 3.8) is 0 Å². The molecule has 0 bridgehead atoms. The lowest BCUT2D eigenvalue weighted by Gasteiger charge is -2.10. The van der Waals surface area contributed by atoms with Crippen molar-refractivity contribution in [2.75, 3.05) is 20.1 Å². The quantitative estimate of drug-likeness (QED) is 0.606. The minimum Gasteiger partial charge on any atom is -0.318 e. The fourth-order valence-electron chi connectivity index (χ4n) is 2.30. The van der Waals surface area contributed by atoms with Gasteiger partial charge in [-0.3, -0.25) is 4.90 Å². The molecule has 2 fully saturated rings. The predicted molar refractivity (Wildman–Crippen MR) is 46.7 cm³/mol. The van der Waals surface area contributed by atoms with Gasteiger partial charge in [0, 0.05) is 25.2 Å². The first-order valence-electron chi connectivity index (χ1n) is 4.82. The summed E-state index contributed by atoms with van der Waals surface area (Å²) in [7, 11) is 2.05. The molecular formula is C9H18N2. The van der Waals surface area contributed by atoms with E-state index in [0.717, 1.165) is 12.1 Å². The van der Waals surface area contributed by atoms with Crippen LogP contribution in [-0.2, 0) is 0 Å². The van der Waals surface area contributed by atoms with Gasteiger partial charge in [0.15, 0.2) is 0 Å². The second-order valence-corrected chi connectivity index (χ2v) is 3.85. The van der Waals surface area contributed by atoms with Crippen LogP contribution < -0.4 is 5.32 Å². The Bertz CT molecular complexity index is 130. The van der Waals surface area contributed by atoms with Crippen LogP contribution in [0.25, 0.3) is 0 Å². The summed E-state index contributed by atoms with van der Waals surface area (Å²) in [4.78, 5) is 2.66. The molecule has 0 aromatic rings. The molecule has 1 saturated heterocycles. The molecule has 0 aromatic carbocycles. The predicted octanol–water partition coefficient (Wildman–Crippen LogP) is 0.833. The van der Waals surface area contributed by atoms with Crippen LogP contribution in [-0.4, -0.2) is 37.1 Å². The molecule has 1 N–H and O–H groups in total. The molecule has 11 heavy (non-hydrogen) atoms. The van der Waals surface area contributed by atoms with E-state index in [9.17, 15) is 0 Å². The molecule has 1 aliphatic heterocycles. The largest absolute Gasteiger partial charge is 0.318 e. The molecule has 0 amide bonds. The first kappa shape index (κ1) is 7.56. The van der Waals surface area contributed by atoms with E-state index >= 15 is 0 Å². The standard InChI is InChI=1S/C9H18N2/c1-10-6-9-7-11(9)8-4-2-3-5-8/h8-10H,2-7H2,1H3. The molecule has 0 spiro atoms. The Balaban J connectivity index is 1.72. The SMILES string of the molecule is CNCC1CN1C1CCCC1. The van der Waals surface area contributed by atoms with Gasteiger partial charge in [-0.05, 0) is 19.9 Å². The third-order valence-corrected chi connectivity index (χ3v) is 2.99. The van der Waals surface area contributed by atoms with E-state index in [0.29, 0.717) is 0 Å². The Kier molecular flexibility index (Phi) is 2.14. The van der Waals surface area contributed by atoms with Gasteiger partial charge in [-0.1, -0.05) is 12.8 Å². The molecule has 2 nitrogen and oxygen atoms in total. The van der Waals surface area contributed by atoms with Crippen LogP contribution >= 0.6 is 0 Å². The highest BCUT2D eigenvalue weighted by molar-refractivity contribution is 4.96. The van der Waals surface area contributed by atoms with E-state index in [2.05, 4.69) is 10.2 Å². The number of likely N-dealkylation sites (N-methyl/N-ethyl adjacent to an activating group) is 1. The topological polar surface area (TPSA) is 15.0 Å².